The third kappa shape index (κ3) is 3.70. The van der Waals surface area contributed by atoms with Crippen molar-refractivity contribution in [1.29, 1.82) is 0 Å². The molecule has 0 saturated heterocycles. The molecule has 2 rings (SSSR count). The zero-order valence-electron chi connectivity index (χ0n) is 13.3. The minimum Gasteiger partial charge on any atom is -0.466 e. The van der Waals surface area contributed by atoms with E-state index in [2.05, 4.69) is 5.32 Å². The summed E-state index contributed by atoms with van der Waals surface area (Å²) in [6, 6.07) is 9.44. The average molecular weight is 321 g/mol. The highest BCUT2D eigenvalue weighted by Gasteiger charge is 2.19. The van der Waals surface area contributed by atoms with Crippen LogP contribution in [0.25, 0.3) is 0 Å². The Labute approximate surface area is 136 Å². The van der Waals surface area contributed by atoms with Gasteiger partial charge in [-0.05, 0) is 45.6 Å². The van der Waals surface area contributed by atoms with Crippen LogP contribution in [-0.2, 0) is 0 Å². The molecule has 0 aliphatic rings. The Kier molecular flexibility index (Phi) is 5.27. The van der Waals surface area contributed by atoms with Crippen molar-refractivity contribution < 1.29 is 9.21 Å². The molecular formula is C17H21ClN2O2. The zero-order chi connectivity index (χ0) is 16.3. The van der Waals surface area contributed by atoms with Crippen molar-refractivity contribution >= 4 is 17.5 Å². The Morgan fingerprint density at radius 1 is 1.32 bits per heavy atom. The van der Waals surface area contributed by atoms with Gasteiger partial charge in [-0.2, -0.15) is 0 Å². The van der Waals surface area contributed by atoms with E-state index in [4.69, 9.17) is 16.0 Å². The largest absolute Gasteiger partial charge is 0.466 e. The van der Waals surface area contributed by atoms with Gasteiger partial charge in [0.15, 0.2) is 0 Å². The number of halogens is 1. The number of furan rings is 1. The van der Waals surface area contributed by atoms with E-state index < -0.39 is 0 Å². The Balaban J connectivity index is 2.12. The molecule has 1 amide bonds. The molecule has 2 aromatic rings. The summed E-state index contributed by atoms with van der Waals surface area (Å²) in [5.74, 6) is 1.24. The summed E-state index contributed by atoms with van der Waals surface area (Å²) in [6.07, 6.45) is 0. The van der Waals surface area contributed by atoms with Gasteiger partial charge in [-0.15, -0.1) is 0 Å². The highest BCUT2D eigenvalue weighted by Crippen LogP contribution is 2.25. The fourth-order valence-electron chi connectivity index (χ4n) is 2.46. The number of benzene rings is 1. The summed E-state index contributed by atoms with van der Waals surface area (Å²) in [6.45, 7) is 4.09. The summed E-state index contributed by atoms with van der Waals surface area (Å²) in [5.41, 5.74) is 1.57. The Bertz CT molecular complexity index is 664. The Morgan fingerprint density at radius 2 is 2.00 bits per heavy atom. The number of amides is 1. The van der Waals surface area contributed by atoms with Crippen molar-refractivity contribution in [2.45, 2.75) is 19.9 Å². The summed E-state index contributed by atoms with van der Waals surface area (Å²) in [4.78, 5) is 14.3. The fourth-order valence-corrected chi connectivity index (χ4v) is 2.72. The molecule has 5 heteroatoms. The van der Waals surface area contributed by atoms with Crippen LogP contribution in [0.3, 0.4) is 0 Å². The molecule has 0 bridgehead atoms. The molecule has 4 nitrogen and oxygen atoms in total. The first-order valence-electron chi connectivity index (χ1n) is 7.16. The number of hydrogen-bond acceptors (Lipinski definition) is 3. The first-order chi connectivity index (χ1) is 10.4. The summed E-state index contributed by atoms with van der Waals surface area (Å²) < 4.78 is 5.40. The first kappa shape index (κ1) is 16.6. The van der Waals surface area contributed by atoms with Crippen LogP contribution in [0.1, 0.15) is 33.5 Å². The number of aryl methyl sites for hydroxylation is 2. The van der Waals surface area contributed by atoms with Crippen LogP contribution >= 0.6 is 11.6 Å². The maximum atomic E-state index is 12.3. The van der Waals surface area contributed by atoms with E-state index in [1.807, 2.05) is 50.2 Å². The molecule has 1 atom stereocenters. The Morgan fingerprint density at radius 3 is 2.55 bits per heavy atom. The first-order valence-corrected chi connectivity index (χ1v) is 7.54. The molecule has 0 fully saturated rings. The number of nitrogens with one attached hydrogen (secondary N) is 1. The van der Waals surface area contributed by atoms with Crippen molar-refractivity contribution in [1.82, 2.24) is 10.2 Å². The van der Waals surface area contributed by atoms with E-state index in [0.29, 0.717) is 22.9 Å². The topological polar surface area (TPSA) is 45.5 Å². The van der Waals surface area contributed by atoms with Gasteiger partial charge in [-0.1, -0.05) is 29.8 Å². The van der Waals surface area contributed by atoms with Gasteiger partial charge < -0.3 is 14.6 Å². The number of likely N-dealkylation sites (N-methyl/N-ethyl adjacent to an activating group) is 1. The lowest BCUT2D eigenvalue weighted by Crippen LogP contribution is -2.34. The van der Waals surface area contributed by atoms with Crippen molar-refractivity contribution in [2.24, 2.45) is 0 Å². The van der Waals surface area contributed by atoms with Gasteiger partial charge in [0.1, 0.15) is 11.5 Å². The highest BCUT2D eigenvalue weighted by molar-refractivity contribution is 6.31. The maximum absolute atomic E-state index is 12.3. The summed E-state index contributed by atoms with van der Waals surface area (Å²) >= 11 is 6.27. The molecule has 0 spiro atoms. The average Bonchev–Trinajstić information content (AvgIpc) is 2.79. The smallest absolute Gasteiger partial charge is 0.254 e. The molecule has 1 aromatic carbocycles. The van der Waals surface area contributed by atoms with Gasteiger partial charge >= 0.3 is 0 Å². The second kappa shape index (κ2) is 6.99. The van der Waals surface area contributed by atoms with Crippen molar-refractivity contribution in [3.8, 4) is 0 Å². The monoisotopic (exact) mass is 320 g/mol. The minimum atomic E-state index is -0.131. The van der Waals surface area contributed by atoms with Crippen LogP contribution in [0.5, 0.6) is 0 Å². The molecule has 0 unspecified atom stereocenters. The fraction of sp³-hybridized carbons (Fsp3) is 0.353. The van der Waals surface area contributed by atoms with E-state index in [1.54, 1.807) is 13.0 Å². The second-order valence-corrected chi connectivity index (χ2v) is 5.95. The van der Waals surface area contributed by atoms with Gasteiger partial charge in [-0.3, -0.25) is 4.79 Å². The number of nitrogens with zero attached hydrogens (tertiary/aromatic N) is 1. The lowest BCUT2D eigenvalue weighted by molar-refractivity contribution is 0.0940. The third-order valence-electron chi connectivity index (χ3n) is 3.63. The van der Waals surface area contributed by atoms with Crippen LogP contribution in [0, 0.1) is 13.8 Å². The third-order valence-corrected chi connectivity index (χ3v) is 3.97. The minimum absolute atomic E-state index is 0.00551. The lowest BCUT2D eigenvalue weighted by Gasteiger charge is -2.25. The predicted octanol–water partition coefficient (Wildman–Crippen LogP) is 3.58. The van der Waals surface area contributed by atoms with Gasteiger partial charge in [0.25, 0.3) is 5.91 Å². The molecule has 1 aromatic heterocycles. The van der Waals surface area contributed by atoms with Crippen molar-refractivity contribution in [2.75, 3.05) is 20.6 Å². The molecular weight excluding hydrogens is 300 g/mol. The lowest BCUT2D eigenvalue weighted by atomic mass is 10.1. The number of hydrogen-bond donors (Lipinski definition) is 1. The van der Waals surface area contributed by atoms with E-state index in [1.165, 1.54) is 0 Å². The molecule has 1 N–H and O–H groups in total. The summed E-state index contributed by atoms with van der Waals surface area (Å²) in [5, 5.41) is 3.66. The van der Waals surface area contributed by atoms with Crippen molar-refractivity contribution in [3.05, 3.63) is 58.0 Å². The van der Waals surface area contributed by atoms with E-state index in [-0.39, 0.29) is 11.9 Å². The van der Waals surface area contributed by atoms with Gasteiger partial charge in [0, 0.05) is 11.6 Å². The van der Waals surface area contributed by atoms with E-state index >= 15 is 0 Å². The number of carbonyl (C=O) groups is 1. The normalized spacial score (nSPS) is 12.5. The van der Waals surface area contributed by atoms with Crippen LogP contribution in [-0.4, -0.2) is 31.4 Å². The molecule has 1 heterocycles. The molecule has 22 heavy (non-hydrogen) atoms. The number of rotatable bonds is 5. The van der Waals surface area contributed by atoms with Crippen LogP contribution in [0.2, 0.25) is 5.02 Å². The van der Waals surface area contributed by atoms with Crippen LogP contribution < -0.4 is 5.32 Å². The molecule has 0 aliphatic carbocycles. The molecule has 118 valence electrons. The van der Waals surface area contributed by atoms with E-state index in [0.717, 1.165) is 11.3 Å². The van der Waals surface area contributed by atoms with Crippen molar-refractivity contribution in [3.63, 3.8) is 0 Å². The predicted molar refractivity (Wildman–Crippen MR) is 88.4 cm³/mol. The number of carbonyl (C=O) groups excluding carboxylic acids is 1. The van der Waals surface area contributed by atoms with Crippen LogP contribution in [0.15, 0.2) is 34.7 Å². The Hall–Kier alpha value is -1.78. The summed E-state index contributed by atoms with van der Waals surface area (Å²) in [7, 11) is 3.93. The van der Waals surface area contributed by atoms with Crippen LogP contribution in [0.4, 0.5) is 0 Å². The second-order valence-electron chi connectivity index (χ2n) is 5.54. The maximum Gasteiger partial charge on any atom is 0.254 e. The van der Waals surface area contributed by atoms with Gasteiger partial charge in [0.05, 0.1) is 11.6 Å². The quantitative estimate of drug-likeness (QED) is 0.916. The standard InChI is InChI=1S/C17H21ClN2O2/c1-11-9-14(12(2)22-11)17(21)19-10-16(20(3)4)13-7-5-6-8-15(13)18/h5-9,16H,10H2,1-4H3,(H,19,21)/t16-/m1/s1. The van der Waals surface area contributed by atoms with Gasteiger partial charge in [-0.25, -0.2) is 0 Å². The molecule has 0 radical (unpaired) electrons. The molecule has 0 aliphatic heterocycles. The highest BCUT2D eigenvalue weighted by atomic mass is 35.5. The molecule has 0 saturated carbocycles. The van der Waals surface area contributed by atoms with E-state index in [9.17, 15) is 4.79 Å². The van der Waals surface area contributed by atoms with Gasteiger partial charge in [0.2, 0.25) is 0 Å². The SMILES string of the molecule is Cc1cc(C(=O)NC[C@H](c2ccccc2Cl)N(C)C)c(C)o1. The zero-order valence-corrected chi connectivity index (χ0v) is 14.1.